The Balaban J connectivity index is 1.41. The standard InChI is InChI=1S/C26H33F2N7O2/c1-2-34-21(11-12-30-34)25(37)32-23(17-7-5-3-4-6-8-17)20-15-35-22(31-20)10-9-19(33-35)13-18-14-26(27,28)16-29-24(18)36/h9-12,15,17-18,23H,2-8,13-14,16H2,1H3,(H,29,36)(H,32,37). The van der Waals surface area contributed by atoms with Gasteiger partial charge in [-0.05, 0) is 43.9 Å². The van der Waals surface area contributed by atoms with Gasteiger partial charge in [0.2, 0.25) is 5.91 Å². The topological polar surface area (TPSA) is 106 Å². The fourth-order valence-corrected chi connectivity index (χ4v) is 5.57. The van der Waals surface area contributed by atoms with Crippen LogP contribution in [0.1, 0.15) is 79.8 Å². The molecule has 0 spiro atoms. The largest absolute Gasteiger partial charge is 0.350 e. The lowest BCUT2D eigenvalue weighted by Gasteiger charge is -2.28. The third-order valence-corrected chi connectivity index (χ3v) is 7.51. The average Bonchev–Trinajstić information content (AvgIpc) is 3.44. The molecule has 1 saturated carbocycles. The van der Waals surface area contributed by atoms with E-state index in [4.69, 9.17) is 4.98 Å². The summed E-state index contributed by atoms with van der Waals surface area (Å²) in [6.45, 7) is 1.92. The van der Waals surface area contributed by atoms with Gasteiger partial charge in [-0.1, -0.05) is 25.7 Å². The zero-order chi connectivity index (χ0) is 26.0. The Bertz CT molecular complexity index is 1260. The number of amides is 2. The fraction of sp³-hybridized carbons (Fsp3) is 0.577. The molecule has 4 heterocycles. The molecule has 0 aromatic carbocycles. The van der Waals surface area contributed by atoms with Crippen LogP contribution in [-0.4, -0.2) is 48.7 Å². The second-order valence-corrected chi connectivity index (χ2v) is 10.2. The van der Waals surface area contributed by atoms with Crippen molar-refractivity contribution in [1.82, 2.24) is 35.0 Å². The van der Waals surface area contributed by atoms with Crippen molar-refractivity contribution in [3.8, 4) is 0 Å². The number of aryl methyl sites for hydroxylation is 1. The fourth-order valence-electron chi connectivity index (χ4n) is 5.57. The van der Waals surface area contributed by atoms with Gasteiger partial charge in [0.15, 0.2) is 5.65 Å². The minimum Gasteiger partial charge on any atom is -0.350 e. The summed E-state index contributed by atoms with van der Waals surface area (Å²) in [4.78, 5) is 30.2. The van der Waals surface area contributed by atoms with Gasteiger partial charge in [-0.15, -0.1) is 0 Å². The number of halogens is 2. The molecular formula is C26H33F2N7O2. The zero-order valence-corrected chi connectivity index (χ0v) is 21.0. The number of rotatable bonds is 7. The molecule has 11 heteroatoms. The first-order valence-corrected chi connectivity index (χ1v) is 13.2. The van der Waals surface area contributed by atoms with E-state index < -0.39 is 24.8 Å². The smallest absolute Gasteiger partial charge is 0.270 e. The molecule has 3 aromatic rings. The summed E-state index contributed by atoms with van der Waals surface area (Å²) >= 11 is 0. The summed E-state index contributed by atoms with van der Waals surface area (Å²) in [6, 6.07) is 4.93. The highest BCUT2D eigenvalue weighted by Crippen LogP contribution is 2.34. The Morgan fingerprint density at radius 3 is 2.76 bits per heavy atom. The van der Waals surface area contributed by atoms with Crippen molar-refractivity contribution in [2.45, 2.75) is 76.8 Å². The van der Waals surface area contributed by atoms with E-state index in [1.54, 1.807) is 39.8 Å². The van der Waals surface area contributed by atoms with Gasteiger partial charge in [-0.3, -0.25) is 14.3 Å². The van der Waals surface area contributed by atoms with Gasteiger partial charge in [0.25, 0.3) is 11.8 Å². The Morgan fingerprint density at radius 1 is 1.22 bits per heavy atom. The van der Waals surface area contributed by atoms with Crippen molar-refractivity contribution >= 4 is 17.5 Å². The molecule has 5 rings (SSSR count). The lowest BCUT2D eigenvalue weighted by Crippen LogP contribution is -2.48. The molecular weight excluding hydrogens is 480 g/mol. The van der Waals surface area contributed by atoms with E-state index in [2.05, 4.69) is 20.8 Å². The Kier molecular flexibility index (Phi) is 7.21. The number of hydrogen-bond donors (Lipinski definition) is 2. The quantitative estimate of drug-likeness (QED) is 0.469. The number of carbonyl (C=O) groups is 2. The first-order valence-electron chi connectivity index (χ1n) is 13.2. The lowest BCUT2D eigenvalue weighted by molar-refractivity contribution is -0.136. The minimum atomic E-state index is -2.91. The minimum absolute atomic E-state index is 0.120. The van der Waals surface area contributed by atoms with Crippen LogP contribution >= 0.6 is 0 Å². The van der Waals surface area contributed by atoms with Crippen LogP contribution in [0.2, 0.25) is 0 Å². The summed E-state index contributed by atoms with van der Waals surface area (Å²) in [7, 11) is 0. The Hall–Kier alpha value is -3.37. The SMILES string of the molecule is CCn1nccc1C(=O)NC(c1cn2nc(CC3CC(F)(F)CNC3=O)ccc2n1)C1CCCCCC1. The molecule has 2 fully saturated rings. The highest BCUT2D eigenvalue weighted by atomic mass is 19.3. The highest BCUT2D eigenvalue weighted by molar-refractivity contribution is 5.92. The summed E-state index contributed by atoms with van der Waals surface area (Å²) < 4.78 is 31.0. The number of imidazole rings is 1. The normalized spacial score (nSPS) is 21.4. The third kappa shape index (κ3) is 5.65. The summed E-state index contributed by atoms with van der Waals surface area (Å²) in [5, 5.41) is 14.3. The van der Waals surface area contributed by atoms with Crippen LogP contribution in [0.3, 0.4) is 0 Å². The molecule has 198 valence electrons. The Labute approximate surface area is 214 Å². The summed E-state index contributed by atoms with van der Waals surface area (Å²) in [5.74, 6) is -4.08. The van der Waals surface area contributed by atoms with Crippen molar-refractivity contribution in [2.75, 3.05) is 6.54 Å². The first-order chi connectivity index (χ1) is 17.8. The zero-order valence-electron chi connectivity index (χ0n) is 21.0. The molecule has 2 amide bonds. The molecule has 2 unspecified atom stereocenters. The Morgan fingerprint density at radius 2 is 2.00 bits per heavy atom. The lowest BCUT2D eigenvalue weighted by atomic mass is 9.90. The van der Waals surface area contributed by atoms with Gasteiger partial charge in [0, 0.05) is 31.5 Å². The first kappa shape index (κ1) is 25.3. The van der Waals surface area contributed by atoms with E-state index >= 15 is 0 Å². The van der Waals surface area contributed by atoms with Crippen LogP contribution in [0, 0.1) is 11.8 Å². The van der Waals surface area contributed by atoms with Gasteiger partial charge >= 0.3 is 0 Å². The van der Waals surface area contributed by atoms with Crippen LogP contribution in [0.5, 0.6) is 0 Å². The molecule has 2 aliphatic rings. The van der Waals surface area contributed by atoms with E-state index in [1.807, 2.05) is 6.92 Å². The van der Waals surface area contributed by atoms with Crippen molar-refractivity contribution in [3.05, 3.63) is 47.7 Å². The van der Waals surface area contributed by atoms with Gasteiger partial charge in [0.1, 0.15) is 5.69 Å². The number of alkyl halides is 2. The van der Waals surface area contributed by atoms with E-state index in [0.29, 0.717) is 23.6 Å². The molecule has 9 nitrogen and oxygen atoms in total. The van der Waals surface area contributed by atoms with Crippen molar-refractivity contribution in [1.29, 1.82) is 0 Å². The number of piperidine rings is 1. The van der Waals surface area contributed by atoms with E-state index in [1.165, 1.54) is 12.8 Å². The predicted octanol–water partition coefficient (Wildman–Crippen LogP) is 3.70. The monoisotopic (exact) mass is 513 g/mol. The number of aromatic nitrogens is 5. The number of nitrogens with zero attached hydrogens (tertiary/aromatic N) is 5. The number of carbonyl (C=O) groups excluding carboxylic acids is 2. The van der Waals surface area contributed by atoms with Gasteiger partial charge in [0.05, 0.1) is 30.2 Å². The number of fused-ring (bicyclic) bond motifs is 1. The van der Waals surface area contributed by atoms with Gasteiger partial charge < -0.3 is 10.6 Å². The van der Waals surface area contributed by atoms with Crippen LogP contribution < -0.4 is 10.6 Å². The van der Waals surface area contributed by atoms with Crippen LogP contribution in [-0.2, 0) is 17.8 Å². The number of nitrogens with one attached hydrogen (secondary N) is 2. The second kappa shape index (κ2) is 10.5. The molecule has 37 heavy (non-hydrogen) atoms. The van der Waals surface area contributed by atoms with Gasteiger partial charge in [-0.25, -0.2) is 18.3 Å². The maximum absolute atomic E-state index is 13.8. The summed E-state index contributed by atoms with van der Waals surface area (Å²) in [6.07, 6.45) is 9.63. The van der Waals surface area contributed by atoms with E-state index in [-0.39, 0.29) is 30.2 Å². The summed E-state index contributed by atoms with van der Waals surface area (Å²) in [5.41, 5.74) is 2.36. The maximum Gasteiger partial charge on any atom is 0.270 e. The highest BCUT2D eigenvalue weighted by Gasteiger charge is 2.41. The third-order valence-electron chi connectivity index (χ3n) is 7.51. The maximum atomic E-state index is 13.8. The molecule has 2 atom stereocenters. The molecule has 2 N–H and O–H groups in total. The molecule has 0 bridgehead atoms. The molecule has 1 saturated heterocycles. The van der Waals surface area contributed by atoms with E-state index in [0.717, 1.165) is 31.4 Å². The van der Waals surface area contributed by atoms with Crippen molar-refractivity contribution in [3.63, 3.8) is 0 Å². The number of hydrogen-bond acceptors (Lipinski definition) is 5. The van der Waals surface area contributed by atoms with Gasteiger partial charge in [-0.2, -0.15) is 10.2 Å². The second-order valence-electron chi connectivity index (χ2n) is 10.2. The van der Waals surface area contributed by atoms with Crippen LogP contribution in [0.25, 0.3) is 5.65 Å². The molecule has 0 radical (unpaired) electrons. The van der Waals surface area contributed by atoms with Crippen LogP contribution in [0.4, 0.5) is 8.78 Å². The predicted molar refractivity (Wildman–Crippen MR) is 132 cm³/mol. The molecule has 1 aliphatic heterocycles. The average molecular weight is 514 g/mol. The van der Waals surface area contributed by atoms with Crippen molar-refractivity contribution in [2.24, 2.45) is 11.8 Å². The molecule has 1 aliphatic carbocycles. The molecule has 3 aromatic heterocycles. The van der Waals surface area contributed by atoms with Crippen LogP contribution in [0.15, 0.2) is 30.6 Å². The van der Waals surface area contributed by atoms with Crippen molar-refractivity contribution < 1.29 is 18.4 Å². The van der Waals surface area contributed by atoms with E-state index in [9.17, 15) is 18.4 Å².